The largest absolute Gasteiger partial charge is 0.508 e. The Balaban J connectivity index is 2.41. The predicted molar refractivity (Wildman–Crippen MR) is 68.8 cm³/mol. The van der Waals surface area contributed by atoms with Crippen molar-refractivity contribution in [2.24, 2.45) is 0 Å². The van der Waals surface area contributed by atoms with E-state index in [1.807, 2.05) is 31.2 Å². The van der Waals surface area contributed by atoms with Gasteiger partial charge in [0.25, 0.3) is 0 Å². The van der Waals surface area contributed by atoms with E-state index in [-0.39, 0.29) is 0 Å². The first-order chi connectivity index (χ1) is 8.19. The van der Waals surface area contributed by atoms with E-state index in [4.69, 9.17) is 4.74 Å². The van der Waals surface area contributed by atoms with Crippen LogP contribution in [0, 0.1) is 6.92 Å². The van der Waals surface area contributed by atoms with Gasteiger partial charge in [0.2, 0.25) is 0 Å². The quantitative estimate of drug-likeness (QED) is 0.669. The summed E-state index contributed by atoms with van der Waals surface area (Å²) in [6.45, 7) is 1.89. The molecule has 0 aliphatic heterocycles. The smallest absolute Gasteiger partial charge is 0.120 e. The number of benzene rings is 2. The molecule has 86 valence electrons. The van der Waals surface area contributed by atoms with Crippen LogP contribution in [0.3, 0.4) is 0 Å². The summed E-state index contributed by atoms with van der Waals surface area (Å²) in [7, 11) is 1.65. The van der Waals surface area contributed by atoms with Gasteiger partial charge in [-0.2, -0.15) is 0 Å². The molecule has 0 aliphatic rings. The average Bonchev–Trinajstić information content (AvgIpc) is 2.66. The van der Waals surface area contributed by atoms with E-state index in [2.05, 4.69) is 4.98 Å². The van der Waals surface area contributed by atoms with E-state index in [0.717, 1.165) is 33.1 Å². The normalized spacial score (nSPS) is 11.2. The van der Waals surface area contributed by atoms with Gasteiger partial charge in [-0.3, -0.25) is 0 Å². The highest BCUT2D eigenvalue weighted by molar-refractivity contribution is 6.08. The van der Waals surface area contributed by atoms with Crippen molar-refractivity contribution in [1.29, 1.82) is 0 Å². The molecule has 1 heterocycles. The average molecular weight is 227 g/mol. The number of nitrogens with one attached hydrogen (secondary N) is 1. The number of aromatic nitrogens is 1. The van der Waals surface area contributed by atoms with E-state index in [9.17, 15) is 5.11 Å². The molecule has 0 saturated heterocycles. The van der Waals surface area contributed by atoms with Crippen LogP contribution in [0.25, 0.3) is 21.8 Å². The lowest BCUT2D eigenvalue weighted by atomic mass is 10.1. The molecule has 0 atom stereocenters. The maximum absolute atomic E-state index is 9.76. The van der Waals surface area contributed by atoms with Gasteiger partial charge in [-0.05, 0) is 36.8 Å². The Bertz CT molecular complexity index is 713. The number of hydrogen-bond donors (Lipinski definition) is 2. The molecule has 2 aromatic carbocycles. The molecule has 17 heavy (non-hydrogen) atoms. The van der Waals surface area contributed by atoms with Gasteiger partial charge in [-0.15, -0.1) is 0 Å². The Morgan fingerprint density at radius 2 is 1.82 bits per heavy atom. The number of rotatable bonds is 1. The second kappa shape index (κ2) is 3.42. The van der Waals surface area contributed by atoms with Crippen molar-refractivity contribution in [2.75, 3.05) is 7.11 Å². The summed E-state index contributed by atoms with van der Waals surface area (Å²) in [6.07, 6.45) is 0. The molecule has 0 bridgehead atoms. The standard InChI is InChI=1S/C14H13NO2/c1-8-5-12-11(7-14(8)16)10-4-3-9(17-2)6-13(10)15-12/h3-7,15-16H,1-2H3. The minimum absolute atomic E-state index is 0.328. The van der Waals surface area contributed by atoms with Crippen LogP contribution in [0.1, 0.15) is 5.56 Å². The lowest BCUT2D eigenvalue weighted by molar-refractivity contribution is 0.415. The molecule has 0 amide bonds. The summed E-state index contributed by atoms with van der Waals surface area (Å²) >= 11 is 0. The molecule has 0 radical (unpaired) electrons. The van der Waals surface area contributed by atoms with Crippen molar-refractivity contribution in [2.45, 2.75) is 6.92 Å². The van der Waals surface area contributed by atoms with Crippen molar-refractivity contribution in [1.82, 2.24) is 4.98 Å². The van der Waals surface area contributed by atoms with Gasteiger partial charge in [-0.25, -0.2) is 0 Å². The maximum atomic E-state index is 9.76. The number of aromatic amines is 1. The minimum Gasteiger partial charge on any atom is -0.508 e. The molecule has 3 aromatic rings. The van der Waals surface area contributed by atoms with Gasteiger partial charge < -0.3 is 14.8 Å². The van der Waals surface area contributed by atoms with Crippen molar-refractivity contribution in [3.05, 3.63) is 35.9 Å². The van der Waals surface area contributed by atoms with Crippen LogP contribution in [0.4, 0.5) is 0 Å². The first-order valence-corrected chi connectivity index (χ1v) is 5.48. The molecular formula is C14H13NO2. The summed E-state index contributed by atoms with van der Waals surface area (Å²) in [5.41, 5.74) is 2.92. The number of fused-ring (bicyclic) bond motifs is 3. The molecular weight excluding hydrogens is 214 g/mol. The van der Waals surface area contributed by atoms with Crippen molar-refractivity contribution in [3.63, 3.8) is 0 Å². The van der Waals surface area contributed by atoms with Crippen LogP contribution < -0.4 is 4.74 Å². The van der Waals surface area contributed by atoms with Gasteiger partial charge in [0.15, 0.2) is 0 Å². The fourth-order valence-corrected chi connectivity index (χ4v) is 2.16. The Kier molecular flexibility index (Phi) is 2.01. The molecule has 3 rings (SSSR count). The molecule has 0 saturated carbocycles. The first-order valence-electron chi connectivity index (χ1n) is 5.48. The van der Waals surface area contributed by atoms with Crippen molar-refractivity contribution >= 4 is 21.8 Å². The zero-order chi connectivity index (χ0) is 12.0. The second-order valence-corrected chi connectivity index (χ2v) is 4.22. The summed E-state index contributed by atoms with van der Waals surface area (Å²) in [5, 5.41) is 11.9. The lowest BCUT2D eigenvalue weighted by Gasteiger charge is -1.99. The SMILES string of the molecule is COc1ccc2c(c1)[nH]c1cc(C)c(O)cc12. The molecule has 2 N–H and O–H groups in total. The third-order valence-corrected chi connectivity index (χ3v) is 3.12. The Hall–Kier alpha value is -2.16. The van der Waals surface area contributed by atoms with E-state index in [1.165, 1.54) is 0 Å². The first kappa shape index (κ1) is 10.0. The lowest BCUT2D eigenvalue weighted by Crippen LogP contribution is -1.80. The number of methoxy groups -OCH3 is 1. The monoisotopic (exact) mass is 227 g/mol. The van der Waals surface area contributed by atoms with Crippen LogP contribution in [-0.2, 0) is 0 Å². The highest BCUT2D eigenvalue weighted by atomic mass is 16.5. The van der Waals surface area contributed by atoms with E-state index in [0.29, 0.717) is 5.75 Å². The van der Waals surface area contributed by atoms with Gasteiger partial charge in [0, 0.05) is 22.4 Å². The minimum atomic E-state index is 0.328. The number of H-pyrrole nitrogens is 1. The van der Waals surface area contributed by atoms with Gasteiger partial charge in [0.1, 0.15) is 11.5 Å². The van der Waals surface area contributed by atoms with Gasteiger partial charge >= 0.3 is 0 Å². The van der Waals surface area contributed by atoms with Crippen LogP contribution in [-0.4, -0.2) is 17.2 Å². The third kappa shape index (κ3) is 1.43. The summed E-state index contributed by atoms with van der Waals surface area (Å²) < 4.78 is 5.20. The zero-order valence-corrected chi connectivity index (χ0v) is 9.74. The zero-order valence-electron chi connectivity index (χ0n) is 9.74. The van der Waals surface area contributed by atoms with Crippen LogP contribution in [0.5, 0.6) is 11.5 Å². The summed E-state index contributed by atoms with van der Waals surface area (Å²) in [6, 6.07) is 9.64. The summed E-state index contributed by atoms with van der Waals surface area (Å²) in [5.74, 6) is 1.15. The maximum Gasteiger partial charge on any atom is 0.120 e. The molecule has 3 heteroatoms. The number of hydrogen-bond acceptors (Lipinski definition) is 2. The number of aromatic hydroxyl groups is 1. The third-order valence-electron chi connectivity index (χ3n) is 3.12. The number of phenolic OH excluding ortho intramolecular Hbond substituents is 1. The molecule has 1 aromatic heterocycles. The fourth-order valence-electron chi connectivity index (χ4n) is 2.16. The molecule has 0 fully saturated rings. The van der Waals surface area contributed by atoms with Crippen molar-refractivity contribution < 1.29 is 9.84 Å². The Labute approximate surface area is 98.6 Å². The molecule has 3 nitrogen and oxygen atoms in total. The predicted octanol–water partition coefficient (Wildman–Crippen LogP) is 3.34. The van der Waals surface area contributed by atoms with Gasteiger partial charge in [0.05, 0.1) is 12.6 Å². The van der Waals surface area contributed by atoms with E-state index < -0.39 is 0 Å². The van der Waals surface area contributed by atoms with Crippen LogP contribution >= 0.6 is 0 Å². The van der Waals surface area contributed by atoms with Gasteiger partial charge in [-0.1, -0.05) is 0 Å². The number of ether oxygens (including phenoxy) is 1. The summed E-state index contributed by atoms with van der Waals surface area (Å²) in [4.78, 5) is 3.33. The molecule has 0 spiro atoms. The Morgan fingerprint density at radius 1 is 1.06 bits per heavy atom. The number of aryl methyl sites for hydroxylation is 1. The van der Waals surface area contributed by atoms with E-state index in [1.54, 1.807) is 13.2 Å². The van der Waals surface area contributed by atoms with Crippen LogP contribution in [0.15, 0.2) is 30.3 Å². The Morgan fingerprint density at radius 3 is 2.59 bits per heavy atom. The molecule has 0 aliphatic carbocycles. The van der Waals surface area contributed by atoms with Crippen molar-refractivity contribution in [3.8, 4) is 11.5 Å². The highest BCUT2D eigenvalue weighted by Crippen LogP contribution is 2.32. The highest BCUT2D eigenvalue weighted by Gasteiger charge is 2.07. The van der Waals surface area contributed by atoms with E-state index >= 15 is 0 Å². The second-order valence-electron chi connectivity index (χ2n) is 4.22. The number of phenols is 1. The molecule has 0 unspecified atom stereocenters. The fraction of sp³-hybridized carbons (Fsp3) is 0.143. The topological polar surface area (TPSA) is 45.2 Å². The van der Waals surface area contributed by atoms with Crippen LogP contribution in [0.2, 0.25) is 0 Å².